The van der Waals surface area contributed by atoms with Crippen molar-refractivity contribution in [2.45, 2.75) is 58.4 Å². The summed E-state index contributed by atoms with van der Waals surface area (Å²) in [5, 5.41) is 0. The molecule has 1 amide bonds. The van der Waals surface area contributed by atoms with Crippen LogP contribution in [0.5, 0.6) is 0 Å². The molecule has 1 aliphatic heterocycles. The third-order valence-corrected chi connectivity index (χ3v) is 9.50. The van der Waals surface area contributed by atoms with Crippen LogP contribution in [0.25, 0.3) is 0 Å². The molecule has 0 spiro atoms. The predicted molar refractivity (Wildman–Crippen MR) is 114 cm³/mol. The highest BCUT2D eigenvalue weighted by atomic mass is 16.2. The van der Waals surface area contributed by atoms with Gasteiger partial charge in [0.25, 0.3) is 0 Å². The first-order chi connectivity index (χ1) is 13.9. The Hall–Kier alpha value is -1.90. The van der Waals surface area contributed by atoms with E-state index in [0.717, 1.165) is 24.8 Å². The molecule has 3 nitrogen and oxygen atoms in total. The van der Waals surface area contributed by atoms with E-state index in [2.05, 4.69) is 19.9 Å². The van der Waals surface area contributed by atoms with Gasteiger partial charge in [-0.15, -0.1) is 0 Å². The molecule has 154 valence electrons. The fourth-order valence-electron chi connectivity index (χ4n) is 7.97. The van der Waals surface area contributed by atoms with Crippen LogP contribution in [0.2, 0.25) is 0 Å². The summed E-state index contributed by atoms with van der Waals surface area (Å²) in [5.41, 5.74) is 1.08. The molecule has 4 aliphatic rings. The number of ketones is 1. The number of carbonyl (C=O) groups is 2. The molecule has 0 bridgehead atoms. The smallest absolute Gasteiger partial charge is 0.246 e. The van der Waals surface area contributed by atoms with E-state index in [-0.39, 0.29) is 22.7 Å². The van der Waals surface area contributed by atoms with Gasteiger partial charge >= 0.3 is 0 Å². The van der Waals surface area contributed by atoms with Gasteiger partial charge in [0.1, 0.15) is 0 Å². The molecular formula is C26H33NO2. The lowest BCUT2D eigenvalue weighted by Crippen LogP contribution is -2.59. The summed E-state index contributed by atoms with van der Waals surface area (Å²) in [7, 11) is 1.98. The zero-order valence-electron chi connectivity index (χ0n) is 17.9. The van der Waals surface area contributed by atoms with Crippen LogP contribution in [0.15, 0.2) is 42.5 Å². The summed E-state index contributed by atoms with van der Waals surface area (Å²) in [5.74, 6) is 2.60. The van der Waals surface area contributed by atoms with Crippen molar-refractivity contribution in [2.75, 3.05) is 7.05 Å². The van der Waals surface area contributed by atoms with Crippen LogP contribution >= 0.6 is 0 Å². The number of likely N-dealkylation sites (N-methyl/N-ethyl adjacent to an activating group) is 1. The Morgan fingerprint density at radius 3 is 2.52 bits per heavy atom. The fourth-order valence-corrected chi connectivity index (χ4v) is 7.97. The van der Waals surface area contributed by atoms with Gasteiger partial charge in [0.2, 0.25) is 5.91 Å². The molecule has 0 unspecified atom stereocenters. The van der Waals surface area contributed by atoms with Gasteiger partial charge in [0.15, 0.2) is 5.78 Å². The Bertz CT molecular complexity index is 861. The Balaban J connectivity index is 1.44. The highest BCUT2D eigenvalue weighted by molar-refractivity contribution is 5.98. The molecule has 3 aliphatic carbocycles. The summed E-state index contributed by atoms with van der Waals surface area (Å²) in [6, 6.07) is 10.2. The number of rotatable bonds is 2. The molecule has 5 rings (SSSR count). The van der Waals surface area contributed by atoms with Crippen molar-refractivity contribution >= 4 is 11.7 Å². The summed E-state index contributed by atoms with van der Waals surface area (Å²) in [6.07, 6.45) is 10.9. The third-order valence-electron chi connectivity index (χ3n) is 9.50. The van der Waals surface area contributed by atoms with Crippen LogP contribution in [0, 0.1) is 34.5 Å². The Morgan fingerprint density at radius 2 is 1.76 bits per heavy atom. The van der Waals surface area contributed by atoms with E-state index in [0.29, 0.717) is 29.6 Å². The number of hydrogen-bond donors (Lipinski definition) is 0. The summed E-state index contributed by atoms with van der Waals surface area (Å²) < 4.78 is 0. The average molecular weight is 392 g/mol. The minimum absolute atomic E-state index is 0.0778. The molecule has 1 heterocycles. The van der Waals surface area contributed by atoms with E-state index in [9.17, 15) is 9.59 Å². The molecule has 0 saturated heterocycles. The van der Waals surface area contributed by atoms with Crippen molar-refractivity contribution in [3.8, 4) is 0 Å². The minimum Gasteiger partial charge on any atom is -0.338 e. The summed E-state index contributed by atoms with van der Waals surface area (Å²) in [4.78, 5) is 27.6. The van der Waals surface area contributed by atoms with E-state index in [4.69, 9.17) is 0 Å². The number of hydrogen-bond acceptors (Lipinski definition) is 2. The maximum absolute atomic E-state index is 13.4. The predicted octanol–water partition coefficient (Wildman–Crippen LogP) is 5.12. The molecule has 3 saturated carbocycles. The molecule has 7 atom stereocenters. The highest BCUT2D eigenvalue weighted by Gasteiger charge is 2.61. The van der Waals surface area contributed by atoms with E-state index in [1.165, 1.54) is 19.3 Å². The lowest BCUT2D eigenvalue weighted by molar-refractivity contribution is -0.138. The molecule has 3 fully saturated rings. The zero-order chi connectivity index (χ0) is 20.4. The SMILES string of the molecule is CN1C(=O)C=C[C@]2(C)[C@H]3CC[C@]4(C)[C@@H](C(=O)c5ccccc5)CC[C@H]4[C@@H]3CC[C@@H]12. The maximum Gasteiger partial charge on any atom is 0.246 e. The highest BCUT2D eigenvalue weighted by Crippen LogP contribution is 2.65. The lowest BCUT2D eigenvalue weighted by Gasteiger charge is -2.60. The molecule has 1 aromatic carbocycles. The monoisotopic (exact) mass is 391 g/mol. The zero-order valence-corrected chi connectivity index (χ0v) is 17.9. The molecule has 0 N–H and O–H groups in total. The fraction of sp³-hybridized carbons (Fsp3) is 0.615. The average Bonchev–Trinajstić information content (AvgIpc) is 3.08. The van der Waals surface area contributed by atoms with Gasteiger partial charge in [-0.2, -0.15) is 0 Å². The normalized spacial score (nSPS) is 43.5. The maximum atomic E-state index is 13.4. The van der Waals surface area contributed by atoms with Crippen LogP contribution in [0.1, 0.15) is 62.7 Å². The number of amides is 1. The van der Waals surface area contributed by atoms with Crippen molar-refractivity contribution in [2.24, 2.45) is 34.5 Å². The Morgan fingerprint density at radius 1 is 1.00 bits per heavy atom. The van der Waals surface area contributed by atoms with Gasteiger partial charge in [-0.25, -0.2) is 0 Å². The molecule has 29 heavy (non-hydrogen) atoms. The number of nitrogens with zero attached hydrogens (tertiary/aromatic N) is 1. The van der Waals surface area contributed by atoms with Gasteiger partial charge in [0.05, 0.1) is 0 Å². The molecule has 1 aromatic rings. The van der Waals surface area contributed by atoms with E-state index in [1.54, 1.807) is 0 Å². The van der Waals surface area contributed by atoms with Gasteiger partial charge < -0.3 is 4.90 Å². The topological polar surface area (TPSA) is 37.4 Å². The van der Waals surface area contributed by atoms with Crippen LogP contribution in [-0.2, 0) is 4.79 Å². The second-order valence-electron chi connectivity index (χ2n) is 10.5. The Kier molecular flexibility index (Phi) is 4.31. The number of Topliss-reactive ketones (excluding diaryl/α,β-unsaturated/α-hetero) is 1. The number of benzene rings is 1. The van der Waals surface area contributed by atoms with E-state index in [1.807, 2.05) is 48.4 Å². The van der Waals surface area contributed by atoms with Crippen molar-refractivity contribution in [1.29, 1.82) is 0 Å². The van der Waals surface area contributed by atoms with Crippen molar-refractivity contribution in [3.05, 3.63) is 48.0 Å². The van der Waals surface area contributed by atoms with Crippen molar-refractivity contribution in [3.63, 3.8) is 0 Å². The first-order valence-corrected chi connectivity index (χ1v) is 11.4. The summed E-state index contributed by atoms with van der Waals surface area (Å²) in [6.45, 7) is 4.80. The van der Waals surface area contributed by atoms with E-state index >= 15 is 0 Å². The van der Waals surface area contributed by atoms with Crippen LogP contribution < -0.4 is 0 Å². The van der Waals surface area contributed by atoms with E-state index < -0.39 is 0 Å². The quantitative estimate of drug-likeness (QED) is 0.656. The Labute approximate surface area is 174 Å². The van der Waals surface area contributed by atoms with Gasteiger partial charge in [-0.1, -0.05) is 50.3 Å². The molecular weight excluding hydrogens is 358 g/mol. The largest absolute Gasteiger partial charge is 0.338 e. The first-order valence-electron chi connectivity index (χ1n) is 11.4. The van der Waals surface area contributed by atoms with Crippen molar-refractivity contribution in [1.82, 2.24) is 4.90 Å². The number of fused-ring (bicyclic) bond motifs is 5. The van der Waals surface area contributed by atoms with Gasteiger partial charge in [0, 0.05) is 30.0 Å². The summed E-state index contributed by atoms with van der Waals surface area (Å²) >= 11 is 0. The second kappa shape index (κ2) is 6.55. The third kappa shape index (κ3) is 2.62. The van der Waals surface area contributed by atoms with Gasteiger partial charge in [-0.05, 0) is 67.8 Å². The van der Waals surface area contributed by atoms with Crippen LogP contribution in [-0.4, -0.2) is 29.7 Å². The lowest BCUT2D eigenvalue weighted by atomic mass is 9.47. The molecule has 0 aromatic heterocycles. The second-order valence-corrected chi connectivity index (χ2v) is 10.5. The van der Waals surface area contributed by atoms with Gasteiger partial charge in [-0.3, -0.25) is 9.59 Å². The van der Waals surface area contributed by atoms with Crippen molar-refractivity contribution < 1.29 is 9.59 Å². The minimum atomic E-state index is 0.0778. The molecule has 3 heteroatoms. The van der Waals surface area contributed by atoms with Crippen LogP contribution in [0.4, 0.5) is 0 Å². The first kappa shape index (κ1) is 19.1. The molecule has 0 radical (unpaired) electrons. The van der Waals surface area contributed by atoms with Crippen LogP contribution in [0.3, 0.4) is 0 Å². The standard InChI is InChI=1S/C26H33NO2/c1-25-15-13-20-18(9-12-22-26(20,2)16-14-23(28)27(22)3)19(25)10-11-21(25)24(29)17-7-5-4-6-8-17/h4-8,14,16,18-22H,9-13,15H2,1-3H3/t18-,19-,20-,21+,22+,25-,26+/m0/s1. The number of carbonyl (C=O) groups excluding carboxylic acids is 2.